The Bertz CT molecular complexity index is 699. The minimum atomic E-state index is -0.409. The highest BCUT2D eigenvalue weighted by Gasteiger charge is 2.15. The summed E-state index contributed by atoms with van der Waals surface area (Å²) < 4.78 is 1.45. The number of thiocarbonyl (C=S) groups is 1. The van der Waals surface area contributed by atoms with E-state index in [1.54, 1.807) is 7.05 Å². The summed E-state index contributed by atoms with van der Waals surface area (Å²) in [6.45, 7) is 0. The first kappa shape index (κ1) is 14.3. The predicted molar refractivity (Wildman–Crippen MR) is 80.2 cm³/mol. The maximum atomic E-state index is 12.1. The molecule has 0 saturated carbocycles. The molecular weight excluding hydrogens is 300 g/mol. The lowest BCUT2D eigenvalue weighted by Gasteiger charge is -2.08. The van der Waals surface area contributed by atoms with Crippen molar-refractivity contribution >= 4 is 40.5 Å². The third-order valence-corrected chi connectivity index (χ3v) is 3.17. The molecule has 0 radical (unpaired) electrons. The van der Waals surface area contributed by atoms with E-state index in [2.05, 4.69) is 10.4 Å². The number of hydrogen-bond acceptors (Lipinski definition) is 4. The van der Waals surface area contributed by atoms with E-state index in [0.717, 1.165) is 0 Å². The summed E-state index contributed by atoms with van der Waals surface area (Å²) in [5.74, 6) is -0.104. The lowest BCUT2D eigenvalue weighted by atomic mass is 10.2. The molecule has 8 heteroatoms. The molecular formula is C12H11ClN4O2S. The van der Waals surface area contributed by atoms with Crippen molar-refractivity contribution in [3.63, 3.8) is 0 Å². The van der Waals surface area contributed by atoms with Crippen LogP contribution in [0, 0.1) is 0 Å². The van der Waals surface area contributed by atoms with Crippen LogP contribution in [0.3, 0.4) is 0 Å². The first-order chi connectivity index (χ1) is 9.40. The number of aromatic nitrogens is 2. The van der Waals surface area contributed by atoms with Gasteiger partial charge in [0.25, 0.3) is 5.91 Å². The van der Waals surface area contributed by atoms with Crippen molar-refractivity contribution in [2.75, 3.05) is 5.32 Å². The highest BCUT2D eigenvalue weighted by atomic mass is 35.5. The van der Waals surface area contributed by atoms with Crippen molar-refractivity contribution in [1.29, 1.82) is 0 Å². The third kappa shape index (κ3) is 2.73. The predicted octanol–water partition coefficient (Wildman–Crippen LogP) is 1.67. The molecule has 0 spiro atoms. The van der Waals surface area contributed by atoms with Crippen LogP contribution in [0.1, 0.15) is 15.9 Å². The summed E-state index contributed by atoms with van der Waals surface area (Å²) in [5, 5.41) is 16.1. The molecule has 104 valence electrons. The van der Waals surface area contributed by atoms with Gasteiger partial charge in [-0.25, -0.2) is 0 Å². The second kappa shape index (κ2) is 5.48. The van der Waals surface area contributed by atoms with Gasteiger partial charge >= 0.3 is 0 Å². The van der Waals surface area contributed by atoms with Gasteiger partial charge in [-0.2, -0.15) is 5.10 Å². The van der Waals surface area contributed by atoms with Crippen LogP contribution in [-0.2, 0) is 7.05 Å². The summed E-state index contributed by atoms with van der Waals surface area (Å²) in [6.07, 6.45) is 1.47. The number of amides is 1. The Hall–Kier alpha value is -2.12. The number of nitrogens with one attached hydrogen (secondary N) is 1. The maximum absolute atomic E-state index is 12.1. The topological polar surface area (TPSA) is 93.2 Å². The van der Waals surface area contributed by atoms with Gasteiger partial charge in [-0.3, -0.25) is 9.48 Å². The van der Waals surface area contributed by atoms with Crippen LogP contribution in [0.15, 0.2) is 24.4 Å². The zero-order valence-corrected chi connectivity index (χ0v) is 12.0. The van der Waals surface area contributed by atoms with E-state index in [1.807, 2.05) is 0 Å². The largest absolute Gasteiger partial charge is 0.506 e. The van der Waals surface area contributed by atoms with Crippen molar-refractivity contribution in [3.8, 4) is 5.75 Å². The van der Waals surface area contributed by atoms with Gasteiger partial charge in [-0.15, -0.1) is 0 Å². The molecule has 2 rings (SSSR count). The van der Waals surface area contributed by atoms with Crippen LogP contribution in [-0.4, -0.2) is 25.8 Å². The average Bonchev–Trinajstić information content (AvgIpc) is 2.74. The Morgan fingerprint density at radius 3 is 2.85 bits per heavy atom. The number of carbonyl (C=O) groups excluding carboxylic acids is 1. The molecule has 0 aliphatic rings. The number of hydrogen-bond donors (Lipinski definition) is 3. The van der Waals surface area contributed by atoms with Crippen molar-refractivity contribution in [3.05, 3.63) is 40.5 Å². The molecule has 4 N–H and O–H groups in total. The van der Waals surface area contributed by atoms with Crippen molar-refractivity contribution in [2.24, 2.45) is 12.8 Å². The second-order valence-corrected chi connectivity index (χ2v) is 4.86. The van der Waals surface area contributed by atoms with E-state index < -0.39 is 5.91 Å². The molecule has 1 aromatic carbocycles. The molecule has 0 bridgehead atoms. The van der Waals surface area contributed by atoms with Crippen molar-refractivity contribution < 1.29 is 9.90 Å². The number of nitrogens with two attached hydrogens (primary N) is 1. The first-order valence-corrected chi connectivity index (χ1v) is 6.30. The number of aromatic hydroxyl groups is 1. The van der Waals surface area contributed by atoms with Gasteiger partial charge < -0.3 is 16.2 Å². The van der Waals surface area contributed by atoms with Crippen molar-refractivity contribution in [2.45, 2.75) is 0 Å². The van der Waals surface area contributed by atoms with E-state index >= 15 is 0 Å². The van der Waals surface area contributed by atoms with E-state index in [4.69, 9.17) is 29.6 Å². The van der Waals surface area contributed by atoms with Crippen LogP contribution in [0.4, 0.5) is 5.82 Å². The molecule has 2 aromatic rings. The monoisotopic (exact) mass is 310 g/mol. The Balaban J connectivity index is 2.30. The highest BCUT2D eigenvalue weighted by molar-refractivity contribution is 7.80. The van der Waals surface area contributed by atoms with Gasteiger partial charge in [-0.1, -0.05) is 23.8 Å². The number of phenols is 1. The van der Waals surface area contributed by atoms with Gasteiger partial charge in [0.05, 0.1) is 16.8 Å². The van der Waals surface area contributed by atoms with E-state index in [1.165, 1.54) is 29.1 Å². The zero-order chi connectivity index (χ0) is 14.9. The van der Waals surface area contributed by atoms with E-state index in [-0.39, 0.29) is 15.8 Å². The number of phenolic OH excluding ortho intramolecular Hbond substituents is 1. The van der Waals surface area contributed by atoms with Gasteiger partial charge in [0.1, 0.15) is 16.6 Å². The molecule has 0 atom stereocenters. The fourth-order valence-corrected chi connectivity index (χ4v) is 1.92. The fourth-order valence-electron chi connectivity index (χ4n) is 1.59. The molecule has 0 aliphatic carbocycles. The molecule has 1 aromatic heterocycles. The summed E-state index contributed by atoms with van der Waals surface area (Å²) in [4.78, 5) is 12.3. The van der Waals surface area contributed by atoms with Gasteiger partial charge in [-0.05, 0) is 18.2 Å². The minimum absolute atomic E-state index is 0.0902. The number of anilines is 1. The third-order valence-electron chi connectivity index (χ3n) is 2.65. The number of halogens is 1. The smallest absolute Gasteiger partial charge is 0.256 e. The summed E-state index contributed by atoms with van der Waals surface area (Å²) in [7, 11) is 1.65. The van der Waals surface area contributed by atoms with Crippen LogP contribution >= 0.6 is 23.8 Å². The van der Waals surface area contributed by atoms with Crippen molar-refractivity contribution in [1.82, 2.24) is 9.78 Å². The molecule has 0 saturated heterocycles. The Kier molecular flexibility index (Phi) is 3.91. The Labute approximate surface area is 125 Å². The van der Waals surface area contributed by atoms with Gasteiger partial charge in [0.15, 0.2) is 0 Å². The lowest BCUT2D eigenvalue weighted by molar-refractivity contribution is 0.102. The fraction of sp³-hybridized carbons (Fsp3) is 0.0833. The molecule has 6 nitrogen and oxygen atoms in total. The second-order valence-electron chi connectivity index (χ2n) is 4.02. The molecule has 0 unspecified atom stereocenters. The zero-order valence-electron chi connectivity index (χ0n) is 10.4. The highest BCUT2D eigenvalue weighted by Crippen LogP contribution is 2.24. The van der Waals surface area contributed by atoms with Crippen LogP contribution in [0.2, 0.25) is 5.02 Å². The first-order valence-electron chi connectivity index (χ1n) is 5.52. The Morgan fingerprint density at radius 1 is 1.55 bits per heavy atom. The van der Waals surface area contributed by atoms with Gasteiger partial charge in [0.2, 0.25) is 0 Å². The maximum Gasteiger partial charge on any atom is 0.256 e. The van der Waals surface area contributed by atoms with Crippen LogP contribution < -0.4 is 11.1 Å². The number of nitrogens with zero attached hydrogens (tertiary/aromatic N) is 2. The number of benzene rings is 1. The van der Waals surface area contributed by atoms with E-state index in [0.29, 0.717) is 16.9 Å². The van der Waals surface area contributed by atoms with Crippen LogP contribution in [0.25, 0.3) is 0 Å². The lowest BCUT2D eigenvalue weighted by Crippen LogP contribution is -2.18. The molecule has 0 aliphatic heterocycles. The minimum Gasteiger partial charge on any atom is -0.506 e. The normalized spacial score (nSPS) is 10.3. The SMILES string of the molecule is Cn1ncc(C(N)=S)c1NC(=O)c1ccc(O)c(Cl)c1. The van der Waals surface area contributed by atoms with E-state index in [9.17, 15) is 9.90 Å². The Morgan fingerprint density at radius 2 is 2.25 bits per heavy atom. The standard InChI is InChI=1S/C12H11ClN4O2S/c1-17-11(7(5-15-17)10(14)20)16-12(19)6-2-3-9(18)8(13)4-6/h2-5,18H,1H3,(H2,14,20)(H,16,19). The summed E-state index contributed by atoms with van der Waals surface area (Å²) >= 11 is 10.7. The molecule has 1 amide bonds. The quantitative estimate of drug-likeness (QED) is 0.750. The summed E-state index contributed by atoms with van der Waals surface area (Å²) in [5.41, 5.74) is 6.33. The molecule has 1 heterocycles. The summed E-state index contributed by atoms with van der Waals surface area (Å²) in [6, 6.07) is 4.16. The number of rotatable bonds is 3. The van der Waals surface area contributed by atoms with Gasteiger partial charge in [0, 0.05) is 12.6 Å². The molecule has 0 fully saturated rings. The number of aryl methyl sites for hydroxylation is 1. The number of carbonyl (C=O) groups is 1. The average molecular weight is 311 g/mol. The molecule has 20 heavy (non-hydrogen) atoms. The van der Waals surface area contributed by atoms with Crippen LogP contribution in [0.5, 0.6) is 5.75 Å².